The van der Waals surface area contributed by atoms with E-state index in [-0.39, 0.29) is 11.3 Å². The molecule has 1 atom stereocenters. The summed E-state index contributed by atoms with van der Waals surface area (Å²) in [6.07, 6.45) is -0.807. The average molecular weight is 358 g/mol. The van der Waals surface area contributed by atoms with E-state index in [0.717, 1.165) is 0 Å². The van der Waals surface area contributed by atoms with Crippen LogP contribution in [0.4, 0.5) is 5.69 Å². The number of hydrogen-bond acceptors (Lipinski definition) is 6. The highest BCUT2D eigenvalue weighted by atomic mass is 32.2. The quantitative estimate of drug-likeness (QED) is 0.625. The summed E-state index contributed by atoms with van der Waals surface area (Å²) in [5.74, 6) is -2.09. The van der Waals surface area contributed by atoms with Crippen LogP contribution in [-0.4, -0.2) is 56.8 Å². The van der Waals surface area contributed by atoms with Crippen molar-refractivity contribution in [1.29, 1.82) is 0 Å². The molecule has 132 valence electrons. The van der Waals surface area contributed by atoms with Gasteiger partial charge >= 0.3 is 11.9 Å². The van der Waals surface area contributed by atoms with Crippen molar-refractivity contribution in [2.24, 2.45) is 0 Å². The van der Waals surface area contributed by atoms with Crippen molar-refractivity contribution >= 4 is 27.6 Å². The van der Waals surface area contributed by atoms with Gasteiger partial charge in [0.2, 0.25) is 10.0 Å². The van der Waals surface area contributed by atoms with Gasteiger partial charge in [-0.1, -0.05) is 0 Å². The summed E-state index contributed by atoms with van der Waals surface area (Å²) in [5.41, 5.74) is 0.585. The fourth-order valence-electron chi connectivity index (χ4n) is 2.25. The Kier molecular flexibility index (Phi) is 5.30. The van der Waals surface area contributed by atoms with E-state index in [1.807, 2.05) is 9.62 Å². The number of nitrogens with one attached hydrogen (secondary N) is 1. The van der Waals surface area contributed by atoms with Crippen LogP contribution in [-0.2, 0) is 19.6 Å². The van der Waals surface area contributed by atoms with Crippen molar-refractivity contribution < 1.29 is 33.0 Å². The Morgan fingerprint density at radius 1 is 1.38 bits per heavy atom. The lowest BCUT2D eigenvalue weighted by Crippen LogP contribution is -2.41. The van der Waals surface area contributed by atoms with Crippen molar-refractivity contribution in [3.05, 3.63) is 18.2 Å². The minimum atomic E-state index is -4.12. The lowest BCUT2D eigenvalue weighted by Gasteiger charge is -2.28. The molecule has 0 spiro atoms. The first-order valence-corrected chi connectivity index (χ1v) is 8.64. The highest BCUT2D eigenvalue weighted by Crippen LogP contribution is 2.32. The molecule has 0 saturated heterocycles. The molecule has 0 amide bonds. The first-order chi connectivity index (χ1) is 11.2. The van der Waals surface area contributed by atoms with Gasteiger partial charge in [0.05, 0.1) is 17.1 Å². The summed E-state index contributed by atoms with van der Waals surface area (Å²) in [6, 6.07) is 2.70. The minimum absolute atomic E-state index is 0.111. The molecule has 3 N–H and O–H groups in total. The van der Waals surface area contributed by atoms with E-state index in [2.05, 4.69) is 0 Å². The molecule has 1 unspecified atom stereocenters. The molecule has 2 rings (SSSR count). The Bertz CT molecular complexity index is 747. The standard InChI is InChI=1S/C14H18N2O7S/c1-16-6-7-23-12-4-2-9(8-11(12)16)24(21,22)15-10(14(19)20)3-5-13(17)18/h2,4,8,10,15H,3,5-7H2,1H3,(H,17,18)(H,19,20). The van der Waals surface area contributed by atoms with E-state index < -0.39 is 34.4 Å². The highest BCUT2D eigenvalue weighted by molar-refractivity contribution is 7.89. The van der Waals surface area contributed by atoms with E-state index in [0.29, 0.717) is 24.6 Å². The zero-order valence-electron chi connectivity index (χ0n) is 12.9. The fourth-order valence-corrected chi connectivity index (χ4v) is 3.50. The second-order valence-electron chi connectivity index (χ2n) is 5.34. The molecule has 0 radical (unpaired) electrons. The topological polar surface area (TPSA) is 133 Å². The van der Waals surface area contributed by atoms with Gasteiger partial charge < -0.3 is 19.8 Å². The Hall–Kier alpha value is -2.33. The third-order valence-corrected chi connectivity index (χ3v) is 5.05. The number of benzene rings is 1. The van der Waals surface area contributed by atoms with E-state index in [1.54, 1.807) is 7.05 Å². The van der Waals surface area contributed by atoms with E-state index >= 15 is 0 Å². The van der Waals surface area contributed by atoms with Gasteiger partial charge in [-0.05, 0) is 24.6 Å². The second kappa shape index (κ2) is 7.05. The molecule has 1 aliphatic rings. The predicted octanol–water partition coefficient (Wildman–Crippen LogP) is 0.112. The molecule has 0 bridgehead atoms. The van der Waals surface area contributed by atoms with Crippen LogP contribution in [0.25, 0.3) is 0 Å². The molecule has 0 saturated carbocycles. The van der Waals surface area contributed by atoms with Gasteiger partial charge in [-0.15, -0.1) is 0 Å². The summed E-state index contributed by atoms with van der Waals surface area (Å²) in [4.78, 5) is 23.4. The van der Waals surface area contributed by atoms with Gasteiger partial charge in [0.25, 0.3) is 0 Å². The molecule has 0 aromatic heterocycles. The van der Waals surface area contributed by atoms with Crippen LogP contribution in [0, 0.1) is 0 Å². The van der Waals surface area contributed by atoms with Crippen LogP contribution in [0.1, 0.15) is 12.8 Å². The maximum absolute atomic E-state index is 12.4. The molecule has 0 fully saturated rings. The molecule has 1 aromatic carbocycles. The molecular weight excluding hydrogens is 340 g/mol. The zero-order valence-corrected chi connectivity index (χ0v) is 13.7. The number of hydrogen-bond donors (Lipinski definition) is 3. The molecule has 24 heavy (non-hydrogen) atoms. The van der Waals surface area contributed by atoms with Crippen LogP contribution in [0.3, 0.4) is 0 Å². The predicted molar refractivity (Wildman–Crippen MR) is 83.8 cm³/mol. The molecular formula is C14H18N2O7S. The van der Waals surface area contributed by atoms with Crippen LogP contribution < -0.4 is 14.4 Å². The third kappa shape index (κ3) is 4.15. The monoisotopic (exact) mass is 358 g/mol. The molecule has 10 heteroatoms. The molecule has 9 nitrogen and oxygen atoms in total. The maximum atomic E-state index is 12.4. The summed E-state index contributed by atoms with van der Waals surface area (Å²) in [7, 11) is -2.33. The van der Waals surface area contributed by atoms with Gasteiger partial charge in [-0.3, -0.25) is 9.59 Å². The zero-order chi connectivity index (χ0) is 17.9. The van der Waals surface area contributed by atoms with Gasteiger partial charge in [0.1, 0.15) is 18.4 Å². The number of anilines is 1. The van der Waals surface area contributed by atoms with Gasteiger partial charge in [-0.25, -0.2) is 8.42 Å². The fraction of sp³-hybridized carbons (Fsp3) is 0.429. The number of aliphatic carboxylic acids is 2. The van der Waals surface area contributed by atoms with E-state index in [4.69, 9.17) is 14.9 Å². The summed E-state index contributed by atoms with van der Waals surface area (Å²) < 4.78 is 32.3. The van der Waals surface area contributed by atoms with Gasteiger partial charge in [0.15, 0.2) is 0 Å². The first kappa shape index (κ1) is 18.0. The SMILES string of the molecule is CN1CCOc2ccc(S(=O)(=O)NC(CCC(=O)O)C(=O)O)cc21. The number of likely N-dealkylation sites (N-methyl/N-ethyl adjacent to an activating group) is 1. The second-order valence-corrected chi connectivity index (χ2v) is 7.06. The number of nitrogens with zero attached hydrogens (tertiary/aromatic N) is 1. The minimum Gasteiger partial charge on any atom is -0.490 e. The number of carboxylic acids is 2. The van der Waals surface area contributed by atoms with Crippen LogP contribution in [0.15, 0.2) is 23.1 Å². The van der Waals surface area contributed by atoms with E-state index in [1.165, 1.54) is 18.2 Å². The Balaban J connectivity index is 2.24. The van der Waals surface area contributed by atoms with Gasteiger partial charge in [0, 0.05) is 13.5 Å². The number of carbonyl (C=O) groups is 2. The lowest BCUT2D eigenvalue weighted by atomic mass is 10.2. The number of ether oxygens (including phenoxy) is 1. The number of sulfonamides is 1. The van der Waals surface area contributed by atoms with Crippen LogP contribution >= 0.6 is 0 Å². The Morgan fingerprint density at radius 2 is 2.08 bits per heavy atom. The van der Waals surface area contributed by atoms with Crippen molar-refractivity contribution in [3.63, 3.8) is 0 Å². The summed E-state index contributed by atoms with van der Waals surface area (Å²) in [6.45, 7) is 1.09. The Labute approximate surface area is 138 Å². The number of carboxylic acid groups (broad SMARTS) is 2. The largest absolute Gasteiger partial charge is 0.490 e. The molecule has 0 aliphatic carbocycles. The molecule has 1 aromatic rings. The van der Waals surface area contributed by atoms with Crippen molar-refractivity contribution in [3.8, 4) is 5.75 Å². The van der Waals surface area contributed by atoms with Crippen molar-refractivity contribution in [2.45, 2.75) is 23.8 Å². The normalized spacial score (nSPS) is 15.3. The van der Waals surface area contributed by atoms with Gasteiger partial charge in [-0.2, -0.15) is 4.72 Å². The van der Waals surface area contributed by atoms with Crippen LogP contribution in [0.5, 0.6) is 5.75 Å². The molecule has 1 heterocycles. The van der Waals surface area contributed by atoms with E-state index in [9.17, 15) is 18.0 Å². The lowest BCUT2D eigenvalue weighted by molar-refractivity contribution is -0.140. The first-order valence-electron chi connectivity index (χ1n) is 7.15. The van der Waals surface area contributed by atoms with Crippen molar-refractivity contribution in [2.75, 3.05) is 25.1 Å². The number of fused-ring (bicyclic) bond motifs is 1. The molecule has 1 aliphatic heterocycles. The third-order valence-electron chi connectivity index (χ3n) is 3.58. The summed E-state index contributed by atoms with van der Waals surface area (Å²) in [5, 5.41) is 17.7. The Morgan fingerprint density at radius 3 is 2.71 bits per heavy atom. The number of rotatable bonds is 7. The average Bonchev–Trinajstić information content (AvgIpc) is 2.51. The maximum Gasteiger partial charge on any atom is 0.321 e. The van der Waals surface area contributed by atoms with Crippen molar-refractivity contribution in [1.82, 2.24) is 4.72 Å². The highest BCUT2D eigenvalue weighted by Gasteiger charge is 2.27. The summed E-state index contributed by atoms with van der Waals surface area (Å²) >= 11 is 0. The van der Waals surface area contributed by atoms with Crippen LogP contribution in [0.2, 0.25) is 0 Å². The smallest absolute Gasteiger partial charge is 0.321 e.